The highest BCUT2D eigenvalue weighted by Gasteiger charge is 2.02. The zero-order chi connectivity index (χ0) is 8.67. The van der Waals surface area contributed by atoms with Gasteiger partial charge in [-0.25, -0.2) is 4.37 Å². The molecule has 3 aromatic rings. The molecule has 0 saturated carbocycles. The van der Waals surface area contributed by atoms with Crippen LogP contribution in [0.1, 0.15) is 0 Å². The third kappa shape index (κ3) is 0.922. The molecule has 0 aliphatic carbocycles. The molecule has 3 rings (SSSR count). The largest absolute Gasteiger partial charge is 0.201 e. The average molecular weight is 187 g/mol. The number of benzene rings is 1. The summed E-state index contributed by atoms with van der Waals surface area (Å²) < 4.78 is 5.29. The van der Waals surface area contributed by atoms with E-state index < -0.39 is 0 Å². The summed E-state index contributed by atoms with van der Waals surface area (Å²) in [5.74, 6) is 0. The minimum Gasteiger partial charge on any atom is -0.201 e. The molecule has 62 valence electrons. The van der Waals surface area contributed by atoms with Crippen LogP contribution in [-0.2, 0) is 0 Å². The molecule has 0 amide bonds. The van der Waals surface area contributed by atoms with E-state index in [1.165, 1.54) is 16.9 Å². The first-order valence-corrected chi connectivity index (χ1v) is 4.67. The number of aromatic nitrogens is 3. The Morgan fingerprint density at radius 1 is 1.15 bits per heavy atom. The van der Waals surface area contributed by atoms with Gasteiger partial charge in [0.1, 0.15) is 0 Å². The van der Waals surface area contributed by atoms with Crippen LogP contribution in [0.5, 0.6) is 0 Å². The molecule has 0 fully saturated rings. The fraction of sp³-hybridized carbons (Fsp3) is 0. The van der Waals surface area contributed by atoms with Crippen LogP contribution in [0.25, 0.3) is 21.0 Å². The summed E-state index contributed by atoms with van der Waals surface area (Å²) in [6, 6.07) is 6.03. The van der Waals surface area contributed by atoms with E-state index in [1.807, 2.05) is 24.4 Å². The highest BCUT2D eigenvalue weighted by atomic mass is 32.1. The lowest BCUT2D eigenvalue weighted by atomic mass is 10.2. The molecule has 4 heteroatoms. The van der Waals surface area contributed by atoms with Crippen LogP contribution in [0.15, 0.2) is 30.6 Å². The first kappa shape index (κ1) is 6.91. The zero-order valence-electron chi connectivity index (χ0n) is 6.64. The molecule has 3 nitrogen and oxygen atoms in total. The molecule has 0 bridgehead atoms. The molecule has 2 aromatic heterocycles. The average Bonchev–Trinajstić information content (AvgIpc) is 2.65. The molecule has 13 heavy (non-hydrogen) atoms. The minimum absolute atomic E-state index is 0.941. The van der Waals surface area contributed by atoms with Crippen LogP contribution < -0.4 is 0 Å². The molecule has 0 unspecified atom stereocenters. The van der Waals surface area contributed by atoms with E-state index in [0.717, 1.165) is 15.6 Å². The van der Waals surface area contributed by atoms with Crippen LogP contribution in [0.4, 0.5) is 0 Å². The van der Waals surface area contributed by atoms with Gasteiger partial charge in [0.15, 0.2) is 0 Å². The lowest BCUT2D eigenvalue weighted by Gasteiger charge is -1.94. The monoisotopic (exact) mass is 187 g/mol. The van der Waals surface area contributed by atoms with Crippen molar-refractivity contribution in [3.8, 4) is 0 Å². The summed E-state index contributed by atoms with van der Waals surface area (Å²) in [4.78, 5) is 0. The van der Waals surface area contributed by atoms with Gasteiger partial charge in [-0.2, -0.15) is 10.2 Å². The maximum atomic E-state index is 4.13. The van der Waals surface area contributed by atoms with Gasteiger partial charge in [0, 0.05) is 11.6 Å². The summed E-state index contributed by atoms with van der Waals surface area (Å²) in [6.45, 7) is 0. The lowest BCUT2D eigenvalue weighted by molar-refractivity contribution is 1.12. The van der Waals surface area contributed by atoms with Gasteiger partial charge in [-0.3, -0.25) is 0 Å². The van der Waals surface area contributed by atoms with E-state index in [0.29, 0.717) is 0 Å². The number of hydrogen-bond donors (Lipinski definition) is 0. The van der Waals surface area contributed by atoms with Crippen LogP contribution in [-0.4, -0.2) is 14.6 Å². The summed E-state index contributed by atoms with van der Waals surface area (Å²) in [7, 11) is 0. The van der Waals surface area contributed by atoms with Gasteiger partial charge in [0.2, 0.25) is 0 Å². The third-order valence-corrected chi connectivity index (χ3v) is 2.88. The van der Waals surface area contributed by atoms with Gasteiger partial charge in [0.05, 0.1) is 16.4 Å². The van der Waals surface area contributed by atoms with E-state index in [1.54, 1.807) is 6.20 Å². The van der Waals surface area contributed by atoms with Crippen molar-refractivity contribution in [2.45, 2.75) is 0 Å². The van der Waals surface area contributed by atoms with E-state index in [4.69, 9.17) is 0 Å². The highest BCUT2D eigenvalue weighted by Crippen LogP contribution is 2.25. The Hall–Kier alpha value is -1.55. The predicted molar refractivity (Wildman–Crippen MR) is 52.7 cm³/mol. The lowest BCUT2D eigenvalue weighted by Crippen LogP contribution is -1.72. The molecule has 2 heterocycles. The molecule has 0 N–H and O–H groups in total. The molecule has 0 saturated heterocycles. The molecule has 0 aliphatic rings. The number of hydrogen-bond acceptors (Lipinski definition) is 4. The summed E-state index contributed by atoms with van der Waals surface area (Å²) in [5.41, 5.74) is 0.941. The second-order valence-corrected chi connectivity index (χ2v) is 3.58. The first-order valence-electron chi connectivity index (χ1n) is 3.90. The zero-order valence-corrected chi connectivity index (χ0v) is 7.45. The van der Waals surface area contributed by atoms with Gasteiger partial charge in [-0.1, -0.05) is 6.07 Å². The summed E-state index contributed by atoms with van der Waals surface area (Å²) >= 11 is 1.48. The number of nitrogens with zero attached hydrogens (tertiary/aromatic N) is 3. The SMILES string of the molecule is c1cc2ccc3nncc3c2sn1. The number of rotatable bonds is 0. The van der Waals surface area contributed by atoms with Crippen LogP contribution >= 0.6 is 11.5 Å². The van der Waals surface area contributed by atoms with Gasteiger partial charge < -0.3 is 0 Å². The third-order valence-electron chi connectivity index (χ3n) is 2.01. The number of fused-ring (bicyclic) bond motifs is 3. The van der Waals surface area contributed by atoms with Crippen molar-refractivity contribution in [2.75, 3.05) is 0 Å². The Bertz CT molecular complexity index is 573. The Morgan fingerprint density at radius 2 is 2.15 bits per heavy atom. The molecule has 0 atom stereocenters. The Balaban J connectivity index is 2.65. The quantitative estimate of drug-likeness (QED) is 0.541. The fourth-order valence-electron chi connectivity index (χ4n) is 1.39. The van der Waals surface area contributed by atoms with Gasteiger partial charge >= 0.3 is 0 Å². The normalized spacial score (nSPS) is 11.1. The maximum Gasteiger partial charge on any atom is 0.0960 e. The van der Waals surface area contributed by atoms with Gasteiger partial charge in [0.25, 0.3) is 0 Å². The predicted octanol–water partition coefficient (Wildman–Crippen LogP) is 2.24. The molecule has 1 aromatic carbocycles. The molecule has 0 spiro atoms. The van der Waals surface area contributed by atoms with Crippen molar-refractivity contribution in [1.82, 2.24) is 14.6 Å². The van der Waals surface area contributed by atoms with Crippen LogP contribution in [0, 0.1) is 0 Å². The second kappa shape index (κ2) is 2.47. The Morgan fingerprint density at radius 3 is 3.15 bits per heavy atom. The van der Waals surface area contributed by atoms with E-state index in [2.05, 4.69) is 14.6 Å². The van der Waals surface area contributed by atoms with E-state index in [9.17, 15) is 0 Å². The topological polar surface area (TPSA) is 38.7 Å². The Kier molecular flexibility index (Phi) is 1.31. The van der Waals surface area contributed by atoms with Gasteiger partial charge in [-0.15, -0.1) is 0 Å². The Labute approximate surface area is 78.2 Å². The van der Waals surface area contributed by atoms with Crippen molar-refractivity contribution in [3.05, 3.63) is 30.6 Å². The maximum absolute atomic E-state index is 4.13. The van der Waals surface area contributed by atoms with Crippen molar-refractivity contribution in [1.29, 1.82) is 0 Å². The summed E-state index contributed by atoms with van der Waals surface area (Å²) in [6.07, 6.45) is 3.60. The van der Waals surface area contributed by atoms with Crippen molar-refractivity contribution in [2.24, 2.45) is 0 Å². The molecular formula is C9H5N3S. The van der Waals surface area contributed by atoms with Crippen molar-refractivity contribution < 1.29 is 0 Å². The van der Waals surface area contributed by atoms with Crippen molar-refractivity contribution in [3.63, 3.8) is 0 Å². The standard InChI is InChI=1S/C9H5N3S/c1-2-8-7(5-10-12-8)9-6(1)3-4-11-13-9/h1-5H. The molecule has 0 radical (unpaired) electrons. The van der Waals surface area contributed by atoms with Gasteiger partial charge in [-0.05, 0) is 29.1 Å². The van der Waals surface area contributed by atoms with Crippen molar-refractivity contribution >= 4 is 32.5 Å². The van der Waals surface area contributed by atoms with E-state index >= 15 is 0 Å². The van der Waals surface area contributed by atoms with E-state index in [-0.39, 0.29) is 0 Å². The first-order chi connectivity index (χ1) is 6.45. The van der Waals surface area contributed by atoms with Crippen LogP contribution in [0.2, 0.25) is 0 Å². The molecular weight excluding hydrogens is 182 g/mol. The fourth-order valence-corrected chi connectivity index (χ4v) is 2.12. The smallest absolute Gasteiger partial charge is 0.0960 e. The molecule has 0 aliphatic heterocycles. The second-order valence-electron chi connectivity index (χ2n) is 2.77. The highest BCUT2D eigenvalue weighted by molar-refractivity contribution is 7.13. The van der Waals surface area contributed by atoms with Crippen LogP contribution in [0.3, 0.4) is 0 Å². The summed E-state index contributed by atoms with van der Waals surface area (Å²) in [5, 5.41) is 10.2. The minimum atomic E-state index is 0.941.